The van der Waals surface area contributed by atoms with Crippen molar-refractivity contribution in [3.8, 4) is 0 Å². The second-order valence-electron chi connectivity index (χ2n) is 3.27. The normalized spacial score (nSPS) is 12.7. The van der Waals surface area contributed by atoms with Gasteiger partial charge < -0.3 is 9.47 Å². The number of benzene rings is 1. The Hall–Kier alpha value is -0.450. The molecule has 0 N–H and O–H groups in total. The zero-order valence-corrected chi connectivity index (χ0v) is 10.9. The number of alkyl halides is 1. The van der Waals surface area contributed by atoms with Crippen LogP contribution in [-0.2, 0) is 9.47 Å². The highest BCUT2D eigenvalue weighted by Gasteiger charge is 2.10. The lowest BCUT2D eigenvalue weighted by atomic mass is 10.1. The van der Waals surface area contributed by atoms with Crippen LogP contribution >= 0.6 is 15.9 Å². The number of hydrogen-bond acceptors (Lipinski definition) is 2. The van der Waals surface area contributed by atoms with Crippen LogP contribution in [0.4, 0.5) is 4.39 Å². The van der Waals surface area contributed by atoms with Crippen LogP contribution in [0, 0.1) is 5.82 Å². The summed E-state index contributed by atoms with van der Waals surface area (Å²) in [7, 11) is 0. The maximum absolute atomic E-state index is 13.0. The molecule has 0 spiro atoms. The van der Waals surface area contributed by atoms with Crippen LogP contribution in [0.2, 0.25) is 0 Å². The Labute approximate surface area is 104 Å². The molecule has 0 saturated heterocycles. The van der Waals surface area contributed by atoms with Crippen molar-refractivity contribution < 1.29 is 13.9 Å². The van der Waals surface area contributed by atoms with E-state index in [1.165, 1.54) is 12.1 Å². The molecule has 90 valence electrons. The molecule has 2 nitrogen and oxygen atoms in total. The summed E-state index contributed by atoms with van der Waals surface area (Å²) in [5.74, 6) is -0.239. The molecule has 4 heteroatoms. The molecular weight excluding hydrogens is 275 g/mol. The second kappa shape index (κ2) is 7.76. The van der Waals surface area contributed by atoms with E-state index in [0.29, 0.717) is 25.2 Å². The molecule has 0 aliphatic carbocycles. The molecule has 0 aliphatic rings. The predicted molar refractivity (Wildman–Crippen MR) is 65.4 cm³/mol. The van der Waals surface area contributed by atoms with Gasteiger partial charge in [-0.3, -0.25) is 0 Å². The molecule has 1 rings (SSSR count). The van der Waals surface area contributed by atoms with Gasteiger partial charge in [-0.1, -0.05) is 28.1 Å². The Morgan fingerprint density at radius 3 is 2.81 bits per heavy atom. The second-order valence-corrected chi connectivity index (χ2v) is 3.91. The standard InChI is InChI=1S/C12H16BrFO2/c1-2-15-6-7-16-12(9-13)10-4-3-5-11(14)8-10/h3-5,8,12H,2,6-7,9H2,1H3. The summed E-state index contributed by atoms with van der Waals surface area (Å²) in [6.45, 7) is 3.70. The molecular formula is C12H16BrFO2. The van der Waals surface area contributed by atoms with E-state index in [-0.39, 0.29) is 11.9 Å². The summed E-state index contributed by atoms with van der Waals surface area (Å²) in [6.07, 6.45) is -0.129. The smallest absolute Gasteiger partial charge is 0.123 e. The Kier molecular flexibility index (Phi) is 6.61. The van der Waals surface area contributed by atoms with Crippen molar-refractivity contribution >= 4 is 15.9 Å². The van der Waals surface area contributed by atoms with Crippen molar-refractivity contribution in [2.24, 2.45) is 0 Å². The van der Waals surface area contributed by atoms with Gasteiger partial charge in [-0.2, -0.15) is 0 Å². The largest absolute Gasteiger partial charge is 0.379 e. The summed E-state index contributed by atoms with van der Waals surface area (Å²) in [5, 5.41) is 0.641. The highest BCUT2D eigenvalue weighted by Crippen LogP contribution is 2.20. The lowest BCUT2D eigenvalue weighted by Crippen LogP contribution is -2.11. The number of rotatable bonds is 7. The summed E-state index contributed by atoms with van der Waals surface area (Å²) < 4.78 is 23.8. The van der Waals surface area contributed by atoms with Crippen molar-refractivity contribution in [3.63, 3.8) is 0 Å². The first-order chi connectivity index (χ1) is 7.77. The third-order valence-electron chi connectivity index (χ3n) is 2.11. The van der Waals surface area contributed by atoms with Crippen LogP contribution in [-0.4, -0.2) is 25.2 Å². The SMILES string of the molecule is CCOCCOC(CBr)c1cccc(F)c1. The Morgan fingerprint density at radius 1 is 1.38 bits per heavy atom. The lowest BCUT2D eigenvalue weighted by molar-refractivity contribution is 0.0170. The van der Waals surface area contributed by atoms with Gasteiger partial charge in [0.2, 0.25) is 0 Å². The van der Waals surface area contributed by atoms with E-state index in [1.54, 1.807) is 6.07 Å². The topological polar surface area (TPSA) is 18.5 Å². The number of ether oxygens (including phenoxy) is 2. The minimum atomic E-state index is -0.239. The average molecular weight is 291 g/mol. The molecule has 1 aromatic carbocycles. The van der Waals surface area contributed by atoms with Crippen LogP contribution in [0.3, 0.4) is 0 Å². The zero-order valence-electron chi connectivity index (χ0n) is 9.29. The van der Waals surface area contributed by atoms with Gasteiger partial charge in [0, 0.05) is 11.9 Å². The molecule has 0 heterocycles. The van der Waals surface area contributed by atoms with Crippen LogP contribution in [0.15, 0.2) is 24.3 Å². The Morgan fingerprint density at radius 2 is 2.19 bits per heavy atom. The van der Waals surface area contributed by atoms with Crippen molar-refractivity contribution in [1.29, 1.82) is 0 Å². The van der Waals surface area contributed by atoms with Crippen molar-refractivity contribution in [1.82, 2.24) is 0 Å². The number of halogens is 2. The monoisotopic (exact) mass is 290 g/mol. The average Bonchev–Trinajstić information content (AvgIpc) is 2.29. The third-order valence-corrected chi connectivity index (χ3v) is 2.70. The van der Waals surface area contributed by atoms with E-state index in [9.17, 15) is 4.39 Å². The van der Waals surface area contributed by atoms with Crippen LogP contribution in [0.25, 0.3) is 0 Å². The molecule has 0 amide bonds. The molecule has 16 heavy (non-hydrogen) atoms. The third kappa shape index (κ3) is 4.60. The van der Waals surface area contributed by atoms with E-state index in [4.69, 9.17) is 9.47 Å². The first-order valence-electron chi connectivity index (χ1n) is 5.28. The lowest BCUT2D eigenvalue weighted by Gasteiger charge is -2.15. The molecule has 1 aromatic rings. The fourth-order valence-corrected chi connectivity index (χ4v) is 1.89. The number of hydrogen-bond donors (Lipinski definition) is 0. The van der Waals surface area contributed by atoms with Gasteiger partial charge in [0.15, 0.2) is 0 Å². The minimum Gasteiger partial charge on any atom is -0.379 e. The van der Waals surface area contributed by atoms with Gasteiger partial charge in [0.1, 0.15) is 5.82 Å². The molecule has 1 unspecified atom stereocenters. The minimum absolute atomic E-state index is 0.129. The quantitative estimate of drug-likeness (QED) is 0.567. The molecule has 0 saturated carbocycles. The van der Waals surface area contributed by atoms with Crippen molar-refractivity contribution in [2.45, 2.75) is 13.0 Å². The summed E-state index contributed by atoms with van der Waals surface area (Å²) in [6, 6.07) is 6.46. The Bertz CT molecular complexity index is 307. The van der Waals surface area contributed by atoms with E-state index in [0.717, 1.165) is 5.56 Å². The summed E-state index contributed by atoms with van der Waals surface area (Å²) in [4.78, 5) is 0. The highest BCUT2D eigenvalue weighted by atomic mass is 79.9. The zero-order chi connectivity index (χ0) is 11.8. The van der Waals surface area contributed by atoms with Crippen molar-refractivity contribution in [3.05, 3.63) is 35.6 Å². The van der Waals surface area contributed by atoms with Crippen molar-refractivity contribution in [2.75, 3.05) is 25.2 Å². The van der Waals surface area contributed by atoms with Crippen LogP contribution in [0.5, 0.6) is 0 Å². The highest BCUT2D eigenvalue weighted by molar-refractivity contribution is 9.09. The van der Waals surface area contributed by atoms with Gasteiger partial charge in [0.05, 0.1) is 19.3 Å². The molecule has 0 bridgehead atoms. The molecule has 0 radical (unpaired) electrons. The van der Waals surface area contributed by atoms with Gasteiger partial charge in [-0.15, -0.1) is 0 Å². The van der Waals surface area contributed by atoms with Crippen LogP contribution < -0.4 is 0 Å². The van der Waals surface area contributed by atoms with Gasteiger partial charge >= 0.3 is 0 Å². The van der Waals surface area contributed by atoms with E-state index < -0.39 is 0 Å². The molecule has 0 aromatic heterocycles. The molecule has 0 aliphatic heterocycles. The fraction of sp³-hybridized carbons (Fsp3) is 0.500. The first kappa shape index (κ1) is 13.6. The molecule has 1 atom stereocenters. The van der Waals surface area contributed by atoms with E-state index in [1.807, 2.05) is 13.0 Å². The summed E-state index contributed by atoms with van der Waals surface area (Å²) >= 11 is 3.36. The molecule has 0 fully saturated rings. The Balaban J connectivity index is 2.47. The van der Waals surface area contributed by atoms with Gasteiger partial charge in [0.25, 0.3) is 0 Å². The fourth-order valence-electron chi connectivity index (χ4n) is 1.33. The maximum atomic E-state index is 13.0. The van der Waals surface area contributed by atoms with Gasteiger partial charge in [-0.05, 0) is 24.6 Å². The van der Waals surface area contributed by atoms with E-state index >= 15 is 0 Å². The van der Waals surface area contributed by atoms with Gasteiger partial charge in [-0.25, -0.2) is 4.39 Å². The van der Waals surface area contributed by atoms with Crippen LogP contribution in [0.1, 0.15) is 18.6 Å². The summed E-state index contributed by atoms with van der Waals surface area (Å²) in [5.41, 5.74) is 0.841. The predicted octanol–water partition coefficient (Wildman–Crippen LogP) is 3.31. The maximum Gasteiger partial charge on any atom is 0.123 e. The first-order valence-corrected chi connectivity index (χ1v) is 6.40. The van der Waals surface area contributed by atoms with E-state index in [2.05, 4.69) is 15.9 Å².